The highest BCUT2D eigenvalue weighted by Crippen LogP contribution is 2.35. The van der Waals surface area contributed by atoms with Gasteiger partial charge in [-0.05, 0) is 63.7 Å². The molecule has 0 spiro atoms. The number of hydrogen-bond donors (Lipinski definition) is 2. The van der Waals surface area contributed by atoms with Crippen molar-refractivity contribution in [3.63, 3.8) is 0 Å². The molecule has 8 nitrogen and oxygen atoms in total. The van der Waals surface area contributed by atoms with Crippen LogP contribution in [-0.2, 0) is 4.74 Å². The molecule has 0 saturated heterocycles. The summed E-state index contributed by atoms with van der Waals surface area (Å²) in [5.41, 5.74) is 1.72. The molecular weight excluding hydrogens is 462 g/mol. The van der Waals surface area contributed by atoms with Gasteiger partial charge in [0.1, 0.15) is 16.5 Å². The van der Waals surface area contributed by atoms with Gasteiger partial charge in [-0.25, -0.2) is 4.79 Å². The lowest BCUT2D eigenvalue weighted by Gasteiger charge is -2.20. The Bertz CT molecular complexity index is 1020. The van der Waals surface area contributed by atoms with Crippen molar-refractivity contribution in [2.75, 3.05) is 39.7 Å². The van der Waals surface area contributed by atoms with Crippen LogP contribution in [0.3, 0.4) is 0 Å². The largest absolute Gasteiger partial charge is 0.497 e. The second-order valence-electron chi connectivity index (χ2n) is 7.16. The lowest BCUT2D eigenvalue weighted by Crippen LogP contribution is -2.31. The maximum Gasteiger partial charge on any atom is 0.341 e. The first-order valence-electron chi connectivity index (χ1n) is 10.5. The zero-order valence-corrected chi connectivity index (χ0v) is 21.7. The highest BCUT2D eigenvalue weighted by atomic mass is 32.1. The number of thiophene rings is 1. The second-order valence-corrected chi connectivity index (χ2v) is 8.59. The lowest BCUT2D eigenvalue weighted by atomic mass is 10.1. The minimum Gasteiger partial charge on any atom is -0.497 e. The molecule has 0 aliphatic heterocycles. The Morgan fingerprint density at radius 3 is 2.36 bits per heavy atom. The highest BCUT2D eigenvalue weighted by molar-refractivity contribution is 7.80. The summed E-state index contributed by atoms with van der Waals surface area (Å²) in [5.74, 6) is 0.719. The van der Waals surface area contributed by atoms with Gasteiger partial charge < -0.3 is 29.7 Å². The molecule has 0 saturated carbocycles. The topological polar surface area (TPSA) is 89.1 Å². The van der Waals surface area contributed by atoms with Crippen LogP contribution in [0.25, 0.3) is 0 Å². The van der Waals surface area contributed by atoms with Crippen molar-refractivity contribution in [2.24, 2.45) is 0 Å². The van der Waals surface area contributed by atoms with Gasteiger partial charge in [0.2, 0.25) is 0 Å². The van der Waals surface area contributed by atoms with Crippen molar-refractivity contribution in [1.29, 1.82) is 0 Å². The van der Waals surface area contributed by atoms with Crippen LogP contribution in [-0.4, -0.2) is 56.3 Å². The predicted octanol–water partition coefficient (Wildman–Crippen LogP) is 4.39. The molecule has 10 heteroatoms. The molecule has 1 unspecified atom stereocenters. The highest BCUT2D eigenvalue weighted by Gasteiger charge is 2.28. The number of nitrogens with zero attached hydrogens (tertiary/aromatic N) is 1. The molecule has 1 aromatic heterocycles. The fraction of sp³-hybridized carbons (Fsp3) is 0.435. The van der Waals surface area contributed by atoms with E-state index in [1.54, 1.807) is 26.0 Å². The smallest absolute Gasteiger partial charge is 0.341 e. The van der Waals surface area contributed by atoms with Gasteiger partial charge in [0.15, 0.2) is 5.11 Å². The number of methoxy groups -OCH3 is 3. The quantitative estimate of drug-likeness (QED) is 0.393. The Labute approximate surface area is 204 Å². The van der Waals surface area contributed by atoms with Crippen LogP contribution in [0.5, 0.6) is 11.5 Å². The molecule has 2 N–H and O–H groups in total. The van der Waals surface area contributed by atoms with Gasteiger partial charge in [-0.15, -0.1) is 11.3 Å². The number of hydrogen-bond acceptors (Lipinski definition) is 7. The van der Waals surface area contributed by atoms with Crippen molar-refractivity contribution in [1.82, 2.24) is 10.2 Å². The zero-order valence-electron chi connectivity index (χ0n) is 20.0. The minimum atomic E-state index is -0.532. The fourth-order valence-electron chi connectivity index (χ4n) is 3.40. The van der Waals surface area contributed by atoms with Gasteiger partial charge in [0.05, 0.1) is 37.8 Å². The van der Waals surface area contributed by atoms with E-state index in [0.717, 1.165) is 5.56 Å². The molecule has 1 aromatic carbocycles. The molecule has 0 radical (unpaired) electrons. The number of nitrogens with one attached hydrogen (secondary N) is 2. The molecule has 1 amide bonds. The summed E-state index contributed by atoms with van der Waals surface area (Å²) in [6.45, 7) is 8.65. The average molecular weight is 494 g/mol. The van der Waals surface area contributed by atoms with E-state index in [-0.39, 0.29) is 11.9 Å². The van der Waals surface area contributed by atoms with E-state index in [4.69, 9.17) is 26.4 Å². The molecule has 180 valence electrons. The van der Waals surface area contributed by atoms with Gasteiger partial charge >= 0.3 is 5.97 Å². The maximum absolute atomic E-state index is 13.0. The van der Waals surface area contributed by atoms with E-state index < -0.39 is 5.97 Å². The molecule has 33 heavy (non-hydrogen) atoms. The van der Waals surface area contributed by atoms with Crippen LogP contribution in [0, 0.1) is 6.92 Å². The van der Waals surface area contributed by atoms with Crippen LogP contribution in [0.2, 0.25) is 0 Å². The van der Waals surface area contributed by atoms with Crippen molar-refractivity contribution < 1.29 is 23.8 Å². The summed E-state index contributed by atoms with van der Waals surface area (Å²) in [6, 6.07) is 5.28. The number of anilines is 1. The predicted molar refractivity (Wildman–Crippen MR) is 135 cm³/mol. The first-order chi connectivity index (χ1) is 15.7. The monoisotopic (exact) mass is 493 g/mol. The minimum absolute atomic E-state index is 0.130. The Morgan fingerprint density at radius 1 is 1.15 bits per heavy atom. The van der Waals surface area contributed by atoms with Crippen LogP contribution >= 0.6 is 23.6 Å². The average Bonchev–Trinajstić information content (AvgIpc) is 3.13. The third kappa shape index (κ3) is 5.94. The Hall–Kier alpha value is -2.85. The third-order valence-electron chi connectivity index (χ3n) is 5.26. The van der Waals surface area contributed by atoms with Gasteiger partial charge in [-0.2, -0.15) is 0 Å². The number of thiocarbonyl (C=S) groups is 1. The first kappa shape index (κ1) is 26.4. The number of ether oxygens (including phenoxy) is 3. The molecule has 0 fully saturated rings. The van der Waals surface area contributed by atoms with E-state index in [2.05, 4.69) is 10.6 Å². The number of amides is 1. The van der Waals surface area contributed by atoms with Gasteiger partial charge in [-0.3, -0.25) is 4.79 Å². The van der Waals surface area contributed by atoms with Crippen molar-refractivity contribution in [2.45, 2.75) is 33.7 Å². The number of rotatable bonds is 9. The second kappa shape index (κ2) is 11.9. The van der Waals surface area contributed by atoms with Crippen LogP contribution in [0.1, 0.15) is 58.0 Å². The Morgan fingerprint density at radius 2 is 1.82 bits per heavy atom. The Kier molecular flexibility index (Phi) is 9.48. The van der Waals surface area contributed by atoms with Crippen LogP contribution < -0.4 is 20.1 Å². The fourth-order valence-corrected chi connectivity index (χ4v) is 4.91. The molecule has 1 atom stereocenters. The van der Waals surface area contributed by atoms with E-state index in [1.165, 1.54) is 18.4 Å². The summed E-state index contributed by atoms with van der Waals surface area (Å²) < 4.78 is 15.7. The molecular formula is C23H31N3O5S2. The van der Waals surface area contributed by atoms with Gasteiger partial charge in [0, 0.05) is 18.7 Å². The van der Waals surface area contributed by atoms with Gasteiger partial charge in [0.25, 0.3) is 5.91 Å². The van der Waals surface area contributed by atoms with E-state index in [9.17, 15) is 9.59 Å². The van der Waals surface area contributed by atoms with Crippen molar-refractivity contribution in [3.8, 4) is 11.5 Å². The summed E-state index contributed by atoms with van der Waals surface area (Å²) in [5, 5.41) is 7.03. The SMILES string of the molecule is CCN(CC)C(=O)c1sc(NC(=S)NC(C)c2cc(OC)ccc2OC)c(C(=O)OC)c1C. The van der Waals surface area contributed by atoms with E-state index >= 15 is 0 Å². The van der Waals surface area contributed by atoms with Crippen molar-refractivity contribution in [3.05, 3.63) is 39.8 Å². The summed E-state index contributed by atoms with van der Waals surface area (Å²) in [4.78, 5) is 27.7. The van der Waals surface area contributed by atoms with Crippen LogP contribution in [0.4, 0.5) is 5.00 Å². The standard InChI is InChI=1S/C23H31N3O5S2/c1-8-26(9-2)21(27)19-13(3)18(22(28)31-7)20(33-19)25-23(32)24-14(4)16-12-15(29-5)10-11-17(16)30-6/h10-12,14H,8-9H2,1-7H3,(H2,24,25,32). The Balaban J connectivity index is 2.32. The summed E-state index contributed by atoms with van der Waals surface area (Å²) >= 11 is 6.70. The molecule has 0 aliphatic carbocycles. The normalized spacial score (nSPS) is 11.4. The number of carbonyl (C=O) groups excluding carboxylic acids is 2. The molecule has 0 bridgehead atoms. The van der Waals surface area contributed by atoms with Crippen molar-refractivity contribution >= 4 is 45.5 Å². The number of carbonyl (C=O) groups is 2. The molecule has 1 heterocycles. The summed E-state index contributed by atoms with van der Waals surface area (Å²) in [7, 11) is 4.50. The lowest BCUT2D eigenvalue weighted by molar-refractivity contribution is 0.0601. The van der Waals surface area contributed by atoms with Gasteiger partial charge in [-0.1, -0.05) is 0 Å². The number of esters is 1. The third-order valence-corrected chi connectivity index (χ3v) is 6.67. The number of benzene rings is 1. The van der Waals surface area contributed by atoms with Crippen LogP contribution in [0.15, 0.2) is 18.2 Å². The van der Waals surface area contributed by atoms with E-state index in [0.29, 0.717) is 50.7 Å². The molecule has 2 rings (SSSR count). The maximum atomic E-state index is 13.0. The molecule has 0 aliphatic rings. The summed E-state index contributed by atoms with van der Waals surface area (Å²) in [6.07, 6.45) is 0. The van der Waals surface area contributed by atoms with E-state index in [1.807, 2.05) is 39.0 Å². The first-order valence-corrected chi connectivity index (χ1v) is 11.7. The zero-order chi connectivity index (χ0) is 24.7. The molecule has 2 aromatic rings.